The molecule has 1 aromatic heterocycles. The van der Waals surface area contributed by atoms with Crippen molar-refractivity contribution < 1.29 is 33.0 Å². The highest BCUT2D eigenvalue weighted by atomic mass is 19.1. The summed E-state index contributed by atoms with van der Waals surface area (Å²) < 4.78 is 32.2. The summed E-state index contributed by atoms with van der Waals surface area (Å²) in [6.45, 7) is 13.4. The maximum Gasteiger partial charge on any atom is 0.410 e. The first-order valence-corrected chi connectivity index (χ1v) is 15.9. The molecule has 0 radical (unpaired) electrons. The van der Waals surface area contributed by atoms with Gasteiger partial charge in [0.05, 0.1) is 6.10 Å². The van der Waals surface area contributed by atoms with Crippen LogP contribution >= 0.6 is 0 Å². The molecule has 246 valence electrons. The van der Waals surface area contributed by atoms with Gasteiger partial charge in [0.1, 0.15) is 23.6 Å². The molecule has 11 heteroatoms. The zero-order valence-electron chi connectivity index (χ0n) is 27.3. The van der Waals surface area contributed by atoms with Gasteiger partial charge in [-0.05, 0) is 96.4 Å². The van der Waals surface area contributed by atoms with E-state index in [2.05, 4.69) is 10.3 Å². The number of aromatic nitrogens is 1. The largest absolute Gasteiger partial charge is 0.474 e. The van der Waals surface area contributed by atoms with Crippen molar-refractivity contribution in [2.45, 2.75) is 97.5 Å². The number of nitrogens with zero attached hydrogens (tertiary/aromatic N) is 3. The minimum absolute atomic E-state index is 0.00143. The number of alkyl carbamates (subject to hydrolysis) is 1. The van der Waals surface area contributed by atoms with E-state index >= 15 is 4.39 Å². The van der Waals surface area contributed by atoms with E-state index in [1.165, 1.54) is 6.07 Å². The Bertz CT molecular complexity index is 1310. The smallest absolute Gasteiger partial charge is 0.410 e. The summed E-state index contributed by atoms with van der Waals surface area (Å²) in [6, 6.07) is 7.49. The van der Waals surface area contributed by atoms with Crippen LogP contribution in [0.2, 0.25) is 0 Å². The highest BCUT2D eigenvalue weighted by Crippen LogP contribution is 2.27. The fraction of sp³-hybridized carbons (Fsp3) is 0.588. The number of hydrogen-bond donors (Lipinski definition) is 1. The van der Waals surface area contributed by atoms with E-state index in [1.807, 2.05) is 26.8 Å². The zero-order valence-corrected chi connectivity index (χ0v) is 27.3. The van der Waals surface area contributed by atoms with E-state index in [4.69, 9.17) is 14.2 Å². The van der Waals surface area contributed by atoms with Crippen LogP contribution in [0.1, 0.15) is 72.8 Å². The molecular weight excluding hydrogens is 579 g/mol. The number of ether oxygens (including phenoxy) is 3. The van der Waals surface area contributed by atoms with Crippen LogP contribution < -0.4 is 10.1 Å². The Hall–Kier alpha value is -3.89. The number of nitrogens with one attached hydrogen (secondary N) is 1. The first kappa shape index (κ1) is 34.0. The van der Waals surface area contributed by atoms with E-state index in [1.54, 1.807) is 55.0 Å². The van der Waals surface area contributed by atoms with Crippen molar-refractivity contribution in [3.05, 3.63) is 47.9 Å². The lowest BCUT2D eigenvalue weighted by Crippen LogP contribution is -2.50. The molecule has 45 heavy (non-hydrogen) atoms. The first-order chi connectivity index (χ1) is 21.3. The minimum Gasteiger partial charge on any atom is -0.474 e. The number of carbonyl (C=O) groups is 3. The van der Waals surface area contributed by atoms with E-state index < -0.39 is 23.6 Å². The molecule has 3 amide bonds. The molecule has 2 saturated heterocycles. The predicted octanol–water partition coefficient (Wildman–Crippen LogP) is 5.97. The van der Waals surface area contributed by atoms with Gasteiger partial charge in [-0.1, -0.05) is 12.1 Å². The second-order valence-corrected chi connectivity index (χ2v) is 13.2. The Morgan fingerprint density at radius 3 is 2.22 bits per heavy atom. The van der Waals surface area contributed by atoms with Crippen LogP contribution in [0.25, 0.3) is 11.1 Å². The molecule has 0 aliphatic carbocycles. The monoisotopic (exact) mass is 626 g/mol. The summed E-state index contributed by atoms with van der Waals surface area (Å²) in [7, 11) is 0. The fourth-order valence-corrected chi connectivity index (χ4v) is 5.66. The Kier molecular flexibility index (Phi) is 11.3. The summed E-state index contributed by atoms with van der Waals surface area (Å²) in [5.41, 5.74) is 0.936. The van der Waals surface area contributed by atoms with Crippen molar-refractivity contribution in [2.75, 3.05) is 26.2 Å². The van der Waals surface area contributed by atoms with Gasteiger partial charge in [0, 0.05) is 50.4 Å². The van der Waals surface area contributed by atoms with Crippen LogP contribution in [0.4, 0.5) is 14.0 Å². The maximum atomic E-state index is 15.4. The molecule has 1 N–H and O–H groups in total. The molecule has 10 nitrogen and oxygen atoms in total. The second-order valence-electron chi connectivity index (χ2n) is 13.2. The van der Waals surface area contributed by atoms with Crippen LogP contribution in [-0.4, -0.2) is 82.9 Å². The van der Waals surface area contributed by atoms with E-state index in [9.17, 15) is 14.4 Å². The molecule has 3 heterocycles. The van der Waals surface area contributed by atoms with Gasteiger partial charge in [0.25, 0.3) is 0 Å². The maximum absolute atomic E-state index is 15.4. The molecule has 0 saturated carbocycles. The van der Waals surface area contributed by atoms with Crippen LogP contribution in [0.5, 0.6) is 5.88 Å². The number of carbonyl (C=O) groups excluding carboxylic acids is 3. The average Bonchev–Trinajstić information content (AvgIpc) is 3.52. The predicted molar refractivity (Wildman–Crippen MR) is 168 cm³/mol. The van der Waals surface area contributed by atoms with Crippen molar-refractivity contribution in [3.8, 4) is 17.0 Å². The second kappa shape index (κ2) is 14.9. The third kappa shape index (κ3) is 9.80. The molecule has 0 spiro atoms. The van der Waals surface area contributed by atoms with Gasteiger partial charge >= 0.3 is 12.2 Å². The standard InChI is InChI=1S/C34H47FN4O6/c1-22(2)43-33(42)39-17-13-24(14-18-39)23(3)44-30-12-11-27(21-36-30)25-9-10-26(28(35)19-25)20-29(31(40)38-15-7-8-16-38)37-32(41)45-34(4,5)6/h9-12,19,21-24,29H,7-8,13-18,20H2,1-6H3,(H,37,41). The summed E-state index contributed by atoms with van der Waals surface area (Å²) in [5.74, 6) is 0.0361. The number of hydrogen-bond acceptors (Lipinski definition) is 7. The quantitative estimate of drug-likeness (QED) is 0.365. The normalized spacial score (nSPS) is 17.2. The molecule has 2 atom stereocenters. The summed E-state index contributed by atoms with van der Waals surface area (Å²) >= 11 is 0. The Labute approximate surface area is 265 Å². The number of halogens is 1. The van der Waals surface area contributed by atoms with Crippen molar-refractivity contribution in [1.29, 1.82) is 0 Å². The molecule has 1 aromatic carbocycles. The van der Waals surface area contributed by atoms with Gasteiger partial charge in [-0.15, -0.1) is 0 Å². The summed E-state index contributed by atoms with van der Waals surface area (Å²) in [5, 5.41) is 2.67. The summed E-state index contributed by atoms with van der Waals surface area (Å²) in [4.78, 5) is 45.8. The van der Waals surface area contributed by atoms with Gasteiger partial charge in [-0.2, -0.15) is 0 Å². The SMILES string of the molecule is CC(C)OC(=O)N1CCC(C(C)Oc2ccc(-c3ccc(CC(NC(=O)OC(C)(C)C)C(=O)N4CCCC4)c(F)c3)cn2)CC1. The molecule has 2 aliphatic rings. The topological polar surface area (TPSA) is 110 Å². The highest BCUT2D eigenvalue weighted by Gasteiger charge is 2.31. The lowest BCUT2D eigenvalue weighted by molar-refractivity contribution is -0.132. The van der Waals surface area contributed by atoms with Crippen LogP contribution in [-0.2, 0) is 20.7 Å². The molecule has 2 aromatic rings. The third-order valence-corrected chi connectivity index (χ3v) is 8.06. The number of amides is 3. The average molecular weight is 627 g/mol. The number of rotatable bonds is 9. The van der Waals surface area contributed by atoms with Crippen LogP contribution in [0.3, 0.4) is 0 Å². The van der Waals surface area contributed by atoms with Gasteiger partial charge in [0.2, 0.25) is 11.8 Å². The first-order valence-electron chi connectivity index (χ1n) is 15.9. The Balaban J connectivity index is 1.36. The Morgan fingerprint density at radius 2 is 1.64 bits per heavy atom. The van der Waals surface area contributed by atoms with Gasteiger partial charge in [0.15, 0.2) is 0 Å². The van der Waals surface area contributed by atoms with E-state index in [0.717, 1.165) is 25.7 Å². The molecule has 4 rings (SSSR count). The zero-order chi connectivity index (χ0) is 32.7. The third-order valence-electron chi connectivity index (χ3n) is 8.06. The van der Waals surface area contributed by atoms with Gasteiger partial charge < -0.3 is 29.3 Å². The molecule has 2 fully saturated rings. The number of likely N-dealkylation sites (tertiary alicyclic amines) is 2. The number of piperidine rings is 1. The number of benzene rings is 1. The minimum atomic E-state index is -0.945. The van der Waals surface area contributed by atoms with Gasteiger partial charge in [-0.25, -0.2) is 19.0 Å². The molecule has 2 aliphatic heterocycles. The van der Waals surface area contributed by atoms with E-state index in [-0.39, 0.29) is 36.5 Å². The van der Waals surface area contributed by atoms with Crippen molar-refractivity contribution in [2.24, 2.45) is 5.92 Å². The number of pyridine rings is 1. The van der Waals surface area contributed by atoms with Crippen LogP contribution in [0.15, 0.2) is 36.5 Å². The molecule has 0 bridgehead atoms. The lowest BCUT2D eigenvalue weighted by atomic mass is 9.92. The molecule has 2 unspecified atom stereocenters. The van der Waals surface area contributed by atoms with E-state index in [0.29, 0.717) is 48.7 Å². The summed E-state index contributed by atoms with van der Waals surface area (Å²) in [6.07, 6.45) is 3.87. The highest BCUT2D eigenvalue weighted by molar-refractivity contribution is 5.86. The molecular formula is C34H47FN4O6. The fourth-order valence-electron chi connectivity index (χ4n) is 5.66. The van der Waals surface area contributed by atoms with Crippen molar-refractivity contribution in [3.63, 3.8) is 0 Å². The Morgan fingerprint density at radius 1 is 0.978 bits per heavy atom. The van der Waals surface area contributed by atoms with Crippen molar-refractivity contribution in [1.82, 2.24) is 20.1 Å². The van der Waals surface area contributed by atoms with Crippen molar-refractivity contribution >= 4 is 18.1 Å². The van der Waals surface area contributed by atoms with Gasteiger partial charge in [-0.3, -0.25) is 4.79 Å². The lowest BCUT2D eigenvalue weighted by Gasteiger charge is -2.34. The van der Waals surface area contributed by atoms with Crippen LogP contribution in [0, 0.1) is 11.7 Å².